The van der Waals surface area contributed by atoms with Crippen molar-refractivity contribution in [3.63, 3.8) is 0 Å². The fourth-order valence-corrected chi connectivity index (χ4v) is 8.77. The smallest absolute Gasteiger partial charge is 0.374 e. The Labute approximate surface area is 244 Å². The number of aryl methyl sites for hydroxylation is 1. The summed E-state index contributed by atoms with van der Waals surface area (Å²) in [5.41, 5.74) is 1.18. The van der Waals surface area contributed by atoms with Gasteiger partial charge in [-0.3, -0.25) is 4.84 Å². The highest BCUT2D eigenvalue weighted by Crippen LogP contribution is 2.42. The zero-order valence-corrected chi connectivity index (χ0v) is 24.5. The number of alkyl halides is 3. The fraction of sp³-hybridized carbons (Fsp3) is 0.423. The van der Waals surface area contributed by atoms with E-state index in [9.17, 15) is 21.6 Å². The number of hydrogen-bond donors (Lipinski definition) is 1. The number of rotatable bonds is 6. The van der Waals surface area contributed by atoms with Gasteiger partial charge in [0.2, 0.25) is 5.95 Å². The number of ether oxygens (including phenoxy) is 1. The Bertz CT molecular complexity index is 1630. The van der Waals surface area contributed by atoms with Crippen molar-refractivity contribution in [3.8, 4) is 10.6 Å². The van der Waals surface area contributed by atoms with Crippen molar-refractivity contribution in [3.05, 3.63) is 46.5 Å². The second-order valence-electron chi connectivity index (χ2n) is 9.98. The molecule has 0 radical (unpaired) electrons. The Morgan fingerprint density at radius 1 is 1.29 bits per heavy atom. The van der Waals surface area contributed by atoms with Gasteiger partial charge < -0.3 is 15.0 Å². The minimum absolute atomic E-state index is 0.00835. The number of hydroxylamine groups is 2. The van der Waals surface area contributed by atoms with Crippen molar-refractivity contribution in [1.29, 1.82) is 0 Å². The lowest BCUT2D eigenvalue weighted by atomic mass is 10.1. The second-order valence-corrected chi connectivity index (χ2v) is 13.5. The molecule has 9 nitrogen and oxygen atoms in total. The first kappa shape index (κ1) is 28.3. The van der Waals surface area contributed by atoms with Gasteiger partial charge in [0, 0.05) is 24.1 Å². The molecule has 2 aromatic heterocycles. The molecule has 2 fully saturated rings. The minimum Gasteiger partial charge on any atom is -0.374 e. The molecule has 218 valence electrons. The van der Waals surface area contributed by atoms with Gasteiger partial charge in [-0.15, -0.1) is 11.3 Å². The first-order valence-corrected chi connectivity index (χ1v) is 15.8. The lowest BCUT2D eigenvalue weighted by Crippen LogP contribution is -2.36. The molecule has 0 aliphatic carbocycles. The Hall–Kier alpha value is -2.85. The first-order chi connectivity index (χ1) is 19.5. The molecule has 0 spiro atoms. The predicted octanol–water partition coefficient (Wildman–Crippen LogP) is 4.83. The molecule has 2 saturated heterocycles. The average molecular weight is 626 g/mol. The van der Waals surface area contributed by atoms with Gasteiger partial charge in [-0.2, -0.15) is 13.2 Å². The zero-order valence-electron chi connectivity index (χ0n) is 22.1. The van der Waals surface area contributed by atoms with Crippen molar-refractivity contribution in [2.24, 2.45) is 0 Å². The first-order valence-electron chi connectivity index (χ1n) is 12.9. The highest BCUT2D eigenvalue weighted by molar-refractivity contribution is 7.92. The van der Waals surface area contributed by atoms with E-state index < -0.39 is 27.3 Å². The van der Waals surface area contributed by atoms with Crippen LogP contribution in [0.2, 0.25) is 0 Å². The summed E-state index contributed by atoms with van der Waals surface area (Å²) in [5, 5.41) is 4.32. The molecule has 3 aliphatic heterocycles. The maximum atomic E-state index is 14.1. The molecule has 0 unspecified atom stereocenters. The molecule has 2 bridgehead atoms. The van der Waals surface area contributed by atoms with E-state index in [-0.39, 0.29) is 44.0 Å². The van der Waals surface area contributed by atoms with Crippen molar-refractivity contribution in [2.45, 2.75) is 43.0 Å². The third-order valence-electron chi connectivity index (χ3n) is 7.51. The summed E-state index contributed by atoms with van der Waals surface area (Å²) in [6.07, 6.45) is -2.14. The van der Waals surface area contributed by atoms with E-state index in [1.807, 2.05) is 19.1 Å². The predicted molar refractivity (Wildman–Crippen MR) is 152 cm³/mol. The lowest BCUT2D eigenvalue weighted by Gasteiger charge is -2.29. The van der Waals surface area contributed by atoms with Crippen LogP contribution in [-0.2, 0) is 32.0 Å². The number of benzene rings is 1. The van der Waals surface area contributed by atoms with Crippen molar-refractivity contribution < 1.29 is 31.2 Å². The highest BCUT2D eigenvalue weighted by atomic mass is 32.2. The van der Waals surface area contributed by atoms with Gasteiger partial charge in [0.15, 0.2) is 9.84 Å². The normalized spacial score (nSPS) is 21.7. The zero-order chi connectivity index (χ0) is 29.1. The Morgan fingerprint density at radius 3 is 2.76 bits per heavy atom. The summed E-state index contributed by atoms with van der Waals surface area (Å²) in [7, 11) is -2.47. The summed E-state index contributed by atoms with van der Waals surface area (Å²) < 4.78 is 73.9. The van der Waals surface area contributed by atoms with Gasteiger partial charge >= 0.3 is 6.18 Å². The van der Waals surface area contributed by atoms with E-state index >= 15 is 0 Å². The van der Waals surface area contributed by atoms with Crippen LogP contribution in [0, 0.1) is 0 Å². The van der Waals surface area contributed by atoms with E-state index in [4.69, 9.17) is 21.8 Å². The molecule has 2 atom stereocenters. The molecule has 0 saturated carbocycles. The number of fused-ring (bicyclic) bond motifs is 3. The fourth-order valence-electron chi connectivity index (χ4n) is 5.42. The van der Waals surface area contributed by atoms with Gasteiger partial charge in [-0.05, 0) is 42.7 Å². The number of aromatic nitrogens is 2. The van der Waals surface area contributed by atoms with Crippen LogP contribution in [0.3, 0.4) is 0 Å². The second kappa shape index (κ2) is 10.5. The molecular weight excluding hydrogens is 600 g/mol. The minimum atomic E-state index is -4.78. The van der Waals surface area contributed by atoms with Crippen LogP contribution < -0.4 is 10.2 Å². The Balaban J connectivity index is 1.37. The number of thiocarbonyl (C=S) groups is 1. The van der Waals surface area contributed by atoms with E-state index in [0.29, 0.717) is 31.0 Å². The third kappa shape index (κ3) is 5.18. The number of morpholine rings is 1. The molecule has 0 amide bonds. The average Bonchev–Trinajstić information content (AvgIpc) is 3.68. The molecule has 41 heavy (non-hydrogen) atoms. The van der Waals surface area contributed by atoms with Gasteiger partial charge in [0.25, 0.3) is 0 Å². The van der Waals surface area contributed by atoms with Crippen LogP contribution >= 0.6 is 23.6 Å². The topological polar surface area (TPSA) is 96.9 Å². The van der Waals surface area contributed by atoms with Crippen LogP contribution in [0.5, 0.6) is 0 Å². The molecule has 1 aromatic carbocycles. The number of anilines is 3. The molecule has 3 aliphatic rings. The third-order valence-corrected chi connectivity index (χ3v) is 11.0. The Morgan fingerprint density at radius 2 is 2.10 bits per heavy atom. The van der Waals surface area contributed by atoms with Crippen LogP contribution in [0.25, 0.3) is 10.6 Å². The monoisotopic (exact) mass is 625 g/mol. The van der Waals surface area contributed by atoms with E-state index in [0.717, 1.165) is 35.6 Å². The van der Waals surface area contributed by atoms with Crippen LogP contribution in [0.4, 0.5) is 30.5 Å². The van der Waals surface area contributed by atoms with Gasteiger partial charge in [-0.1, -0.05) is 19.1 Å². The van der Waals surface area contributed by atoms with Crippen molar-refractivity contribution in [2.75, 3.05) is 42.8 Å². The van der Waals surface area contributed by atoms with Gasteiger partial charge in [0.05, 0.1) is 58.5 Å². The number of nitrogens with one attached hydrogen (secondary N) is 1. The van der Waals surface area contributed by atoms with Gasteiger partial charge in [0.1, 0.15) is 10.6 Å². The maximum Gasteiger partial charge on any atom is 0.420 e. The Kier molecular flexibility index (Phi) is 7.21. The number of sulfone groups is 1. The van der Waals surface area contributed by atoms with Crippen LogP contribution in [0.1, 0.15) is 29.3 Å². The van der Waals surface area contributed by atoms with E-state index in [1.165, 1.54) is 18.2 Å². The van der Waals surface area contributed by atoms with Gasteiger partial charge in [-0.25, -0.2) is 23.4 Å². The quantitative estimate of drug-likeness (QED) is 0.384. The molecule has 15 heteroatoms. The maximum absolute atomic E-state index is 14.1. The number of thiophene rings is 1. The van der Waals surface area contributed by atoms with E-state index in [1.54, 1.807) is 0 Å². The SMILES string of the molecule is CCc1cc(N2C[C@H]3C[C@@H]2CO3)ccc1Nc1ncc(C(F)(F)F)c(-c2cc3c(s2)C(=S)N(OC)CCS3(=O)=O)n1. The highest BCUT2D eigenvalue weighted by Gasteiger charge is 2.40. The molecule has 5 heterocycles. The summed E-state index contributed by atoms with van der Waals surface area (Å²) in [6.45, 7) is 3.54. The van der Waals surface area contributed by atoms with Crippen molar-refractivity contribution in [1.82, 2.24) is 15.0 Å². The molecule has 3 aromatic rings. The number of halogens is 3. The van der Waals surface area contributed by atoms with Crippen molar-refractivity contribution >= 4 is 55.7 Å². The number of hydrogen-bond acceptors (Lipinski definition) is 10. The standard InChI is InChI=1S/C26H26F3N5O4S3/c1-3-14-8-15(33-12-17-9-16(33)13-38-17)4-5-19(14)31-25-30-11-18(26(27,28)29)22(32-25)20-10-21-23(40-20)24(39)34(37-2)6-7-41(21,35)36/h4-5,8,10-11,16-17H,3,6-7,9,12-13H2,1-2H3,(H,30,31,32)/t16-,17-/m1/s1. The number of nitrogens with zero attached hydrogens (tertiary/aromatic N) is 4. The largest absolute Gasteiger partial charge is 0.420 e. The van der Waals surface area contributed by atoms with E-state index in [2.05, 4.69) is 26.3 Å². The van der Waals surface area contributed by atoms with Crippen LogP contribution in [0.15, 0.2) is 35.4 Å². The lowest BCUT2D eigenvalue weighted by molar-refractivity contribution is -0.137. The molecule has 6 rings (SSSR count). The molecule has 1 N–H and O–H groups in total. The van der Waals surface area contributed by atoms with Crippen LogP contribution in [-0.4, -0.2) is 73.1 Å². The summed E-state index contributed by atoms with van der Waals surface area (Å²) in [6, 6.07) is 7.47. The summed E-state index contributed by atoms with van der Waals surface area (Å²) >= 11 is 6.25. The molecular formula is C26H26F3N5O4S3. The summed E-state index contributed by atoms with van der Waals surface area (Å²) in [5.74, 6) is -0.342. The summed E-state index contributed by atoms with van der Waals surface area (Å²) in [4.78, 5) is 15.8.